The van der Waals surface area contributed by atoms with Crippen molar-refractivity contribution in [2.75, 3.05) is 19.0 Å². The number of hydrogen-bond acceptors (Lipinski definition) is 4. The molecule has 0 heterocycles. The van der Waals surface area contributed by atoms with Crippen LogP contribution in [0.3, 0.4) is 0 Å². The number of anilines is 1. The molecule has 0 fully saturated rings. The third kappa shape index (κ3) is 4.80. The number of alkyl halides is 2. The van der Waals surface area contributed by atoms with Gasteiger partial charge in [-0.2, -0.15) is 8.78 Å². The Hall–Kier alpha value is -1.73. The molecule has 0 aliphatic heterocycles. The van der Waals surface area contributed by atoms with E-state index in [4.69, 9.17) is 10.5 Å². The van der Waals surface area contributed by atoms with Gasteiger partial charge in [-0.1, -0.05) is 6.07 Å². The number of amides is 1. The lowest BCUT2D eigenvalue weighted by molar-refractivity contribution is -0.118. The van der Waals surface area contributed by atoms with Crippen LogP contribution in [0.2, 0.25) is 0 Å². The second kappa shape index (κ2) is 7.01. The monoisotopic (exact) mass is 274 g/mol. The van der Waals surface area contributed by atoms with E-state index in [1.165, 1.54) is 13.2 Å². The van der Waals surface area contributed by atoms with Gasteiger partial charge in [0.15, 0.2) is 0 Å². The number of nitrogens with two attached hydrogens (primary N) is 1. The van der Waals surface area contributed by atoms with Gasteiger partial charge in [0.2, 0.25) is 5.91 Å². The first-order chi connectivity index (χ1) is 8.93. The van der Waals surface area contributed by atoms with Crippen LogP contribution in [0.15, 0.2) is 18.2 Å². The van der Waals surface area contributed by atoms with E-state index in [-0.39, 0.29) is 12.4 Å². The number of ether oxygens (including phenoxy) is 2. The van der Waals surface area contributed by atoms with Gasteiger partial charge in [-0.15, -0.1) is 0 Å². The highest BCUT2D eigenvalue weighted by Crippen LogP contribution is 2.24. The topological polar surface area (TPSA) is 73.6 Å². The second-order valence-corrected chi connectivity index (χ2v) is 3.91. The summed E-state index contributed by atoms with van der Waals surface area (Å²) in [5.74, 6) is -0.457. The summed E-state index contributed by atoms with van der Waals surface area (Å²) < 4.78 is 33.4. The Morgan fingerprint density at radius 2 is 2.16 bits per heavy atom. The van der Waals surface area contributed by atoms with Crippen molar-refractivity contribution in [1.82, 2.24) is 0 Å². The quantitative estimate of drug-likeness (QED) is 0.824. The van der Waals surface area contributed by atoms with Crippen molar-refractivity contribution in [2.45, 2.75) is 19.6 Å². The van der Waals surface area contributed by atoms with Gasteiger partial charge in [0.05, 0.1) is 6.61 Å². The lowest BCUT2D eigenvalue weighted by Gasteiger charge is -2.13. The van der Waals surface area contributed by atoms with Crippen molar-refractivity contribution in [3.8, 4) is 5.75 Å². The third-order valence-corrected chi connectivity index (χ3v) is 2.35. The minimum atomic E-state index is -2.92. The van der Waals surface area contributed by atoms with Gasteiger partial charge in [-0.25, -0.2) is 0 Å². The van der Waals surface area contributed by atoms with E-state index in [2.05, 4.69) is 10.1 Å². The average molecular weight is 274 g/mol. The third-order valence-electron chi connectivity index (χ3n) is 2.35. The van der Waals surface area contributed by atoms with Gasteiger partial charge in [0.1, 0.15) is 11.8 Å². The molecular weight excluding hydrogens is 258 g/mol. The minimum Gasteiger partial charge on any atom is -0.434 e. The molecule has 3 N–H and O–H groups in total. The molecule has 1 aromatic carbocycles. The molecule has 0 bridgehead atoms. The van der Waals surface area contributed by atoms with E-state index in [9.17, 15) is 13.6 Å². The summed E-state index contributed by atoms with van der Waals surface area (Å²) >= 11 is 0. The Kier molecular flexibility index (Phi) is 5.65. The van der Waals surface area contributed by atoms with E-state index in [1.54, 1.807) is 19.1 Å². The van der Waals surface area contributed by atoms with E-state index in [0.29, 0.717) is 11.3 Å². The number of carbonyl (C=O) groups is 1. The fraction of sp³-hybridized carbons (Fsp3) is 0.417. The smallest absolute Gasteiger partial charge is 0.387 e. The molecule has 1 atom stereocenters. The van der Waals surface area contributed by atoms with Crippen LogP contribution in [0.1, 0.15) is 5.56 Å². The maximum absolute atomic E-state index is 12.2. The highest BCUT2D eigenvalue weighted by atomic mass is 19.3. The number of rotatable bonds is 6. The summed E-state index contributed by atoms with van der Waals surface area (Å²) in [6.07, 6.45) is 0. The van der Waals surface area contributed by atoms with Gasteiger partial charge in [0.25, 0.3) is 0 Å². The molecule has 1 rings (SSSR count). The molecule has 0 aromatic heterocycles. The van der Waals surface area contributed by atoms with Crippen molar-refractivity contribution in [1.29, 1.82) is 0 Å². The summed E-state index contributed by atoms with van der Waals surface area (Å²) in [7, 11) is 1.42. The molecule has 0 spiro atoms. The van der Waals surface area contributed by atoms with Crippen molar-refractivity contribution >= 4 is 11.6 Å². The van der Waals surface area contributed by atoms with Crippen LogP contribution in [-0.2, 0) is 9.53 Å². The predicted octanol–water partition coefficient (Wildman–Crippen LogP) is 1.51. The number of carbonyl (C=O) groups excluding carboxylic acids is 1. The molecule has 5 nitrogen and oxygen atoms in total. The molecule has 1 aromatic rings. The fourth-order valence-corrected chi connectivity index (χ4v) is 1.39. The van der Waals surface area contributed by atoms with Crippen LogP contribution in [-0.4, -0.2) is 32.3 Å². The maximum Gasteiger partial charge on any atom is 0.387 e. The minimum absolute atomic E-state index is 0.00751. The number of aryl methyl sites for hydroxylation is 1. The normalized spacial score (nSPS) is 12.3. The van der Waals surface area contributed by atoms with Crippen molar-refractivity contribution in [3.05, 3.63) is 23.8 Å². The van der Waals surface area contributed by atoms with E-state index in [1.807, 2.05) is 0 Å². The Morgan fingerprint density at radius 1 is 1.47 bits per heavy atom. The lowest BCUT2D eigenvalue weighted by atomic mass is 10.2. The molecular formula is C12H16F2N2O3. The number of halogens is 2. The number of nitrogens with one attached hydrogen (secondary N) is 1. The zero-order valence-electron chi connectivity index (χ0n) is 10.7. The average Bonchev–Trinajstić information content (AvgIpc) is 2.33. The second-order valence-electron chi connectivity index (χ2n) is 3.91. The fourth-order valence-electron chi connectivity index (χ4n) is 1.39. The molecule has 0 aliphatic rings. The summed E-state index contributed by atoms with van der Waals surface area (Å²) in [6.45, 7) is -1.22. The van der Waals surface area contributed by atoms with E-state index < -0.39 is 18.6 Å². The largest absolute Gasteiger partial charge is 0.434 e. The highest BCUT2D eigenvalue weighted by Gasteiger charge is 2.14. The zero-order chi connectivity index (χ0) is 14.4. The Bertz CT molecular complexity index is 441. The van der Waals surface area contributed by atoms with Gasteiger partial charge < -0.3 is 20.5 Å². The van der Waals surface area contributed by atoms with Crippen LogP contribution in [0, 0.1) is 6.92 Å². The first-order valence-corrected chi connectivity index (χ1v) is 5.55. The van der Waals surface area contributed by atoms with Gasteiger partial charge >= 0.3 is 6.61 Å². The SMILES string of the molecule is COCC(N)C(=O)Nc1ccc(C)c(OC(F)F)c1. The van der Waals surface area contributed by atoms with Crippen LogP contribution >= 0.6 is 0 Å². The number of benzene rings is 1. The molecule has 19 heavy (non-hydrogen) atoms. The summed E-state index contributed by atoms with van der Waals surface area (Å²) in [4.78, 5) is 11.6. The Balaban J connectivity index is 2.76. The molecule has 0 radical (unpaired) electrons. The first-order valence-electron chi connectivity index (χ1n) is 5.55. The molecule has 7 heteroatoms. The standard InChI is InChI=1S/C12H16F2N2O3/c1-7-3-4-8(5-10(7)19-12(13)14)16-11(17)9(15)6-18-2/h3-5,9,12H,6,15H2,1-2H3,(H,16,17). The Morgan fingerprint density at radius 3 is 2.74 bits per heavy atom. The predicted molar refractivity (Wildman–Crippen MR) is 66.3 cm³/mol. The molecule has 1 unspecified atom stereocenters. The van der Waals surface area contributed by atoms with Gasteiger partial charge in [0, 0.05) is 18.9 Å². The molecule has 106 valence electrons. The molecule has 0 saturated carbocycles. The Labute approximate surface area is 109 Å². The van der Waals surface area contributed by atoms with Crippen LogP contribution in [0.4, 0.5) is 14.5 Å². The zero-order valence-corrected chi connectivity index (χ0v) is 10.7. The molecule has 0 aliphatic carbocycles. The maximum atomic E-state index is 12.2. The van der Waals surface area contributed by atoms with Crippen LogP contribution in [0.25, 0.3) is 0 Å². The van der Waals surface area contributed by atoms with Gasteiger partial charge in [-0.05, 0) is 18.6 Å². The molecule has 0 saturated heterocycles. The van der Waals surface area contributed by atoms with Crippen LogP contribution < -0.4 is 15.8 Å². The number of methoxy groups -OCH3 is 1. The van der Waals surface area contributed by atoms with Crippen molar-refractivity contribution in [2.24, 2.45) is 5.73 Å². The van der Waals surface area contributed by atoms with Crippen molar-refractivity contribution in [3.63, 3.8) is 0 Å². The summed E-state index contributed by atoms with van der Waals surface area (Å²) in [5.41, 5.74) is 6.41. The molecule has 1 amide bonds. The first kappa shape index (κ1) is 15.3. The highest BCUT2D eigenvalue weighted by molar-refractivity contribution is 5.95. The van der Waals surface area contributed by atoms with Gasteiger partial charge in [-0.3, -0.25) is 4.79 Å². The lowest BCUT2D eigenvalue weighted by Crippen LogP contribution is -2.39. The summed E-state index contributed by atoms with van der Waals surface area (Å²) in [6, 6.07) is 3.63. The van der Waals surface area contributed by atoms with E-state index in [0.717, 1.165) is 0 Å². The summed E-state index contributed by atoms with van der Waals surface area (Å²) in [5, 5.41) is 2.50. The van der Waals surface area contributed by atoms with Crippen LogP contribution in [0.5, 0.6) is 5.75 Å². The van der Waals surface area contributed by atoms with E-state index >= 15 is 0 Å². The van der Waals surface area contributed by atoms with Crippen molar-refractivity contribution < 1.29 is 23.0 Å². The number of hydrogen-bond donors (Lipinski definition) is 2.